The van der Waals surface area contributed by atoms with Crippen LogP contribution in [0.25, 0.3) is 10.9 Å². The molecule has 0 saturated carbocycles. The number of piperidine rings is 1. The molecule has 2 heterocycles. The zero-order valence-electron chi connectivity index (χ0n) is 16.8. The van der Waals surface area contributed by atoms with Crippen LogP contribution in [-0.4, -0.2) is 48.1 Å². The molecule has 30 heavy (non-hydrogen) atoms. The van der Waals surface area contributed by atoms with E-state index in [4.69, 9.17) is 4.74 Å². The summed E-state index contributed by atoms with van der Waals surface area (Å²) in [5.74, 6) is 0.524. The van der Waals surface area contributed by atoms with Crippen molar-refractivity contribution in [2.45, 2.75) is 18.9 Å². The largest absolute Gasteiger partial charge is 0.497 e. The van der Waals surface area contributed by atoms with E-state index in [2.05, 4.69) is 15.6 Å². The first-order chi connectivity index (χ1) is 14.6. The number of rotatable bonds is 4. The normalized spacial score (nSPS) is 14.4. The van der Waals surface area contributed by atoms with Crippen molar-refractivity contribution in [2.75, 3.05) is 25.5 Å². The highest BCUT2D eigenvalue weighted by atomic mass is 16.5. The van der Waals surface area contributed by atoms with Gasteiger partial charge in [0.05, 0.1) is 18.3 Å². The number of benzene rings is 2. The number of likely N-dealkylation sites (tertiary alicyclic amines) is 1. The highest BCUT2D eigenvalue weighted by Crippen LogP contribution is 2.22. The molecule has 0 unspecified atom stereocenters. The third kappa shape index (κ3) is 4.35. The van der Waals surface area contributed by atoms with E-state index in [-0.39, 0.29) is 18.0 Å². The third-order valence-electron chi connectivity index (χ3n) is 5.32. The molecule has 0 atom stereocenters. The number of anilines is 1. The molecule has 0 aliphatic carbocycles. The maximum Gasteiger partial charge on any atom is 0.321 e. The monoisotopic (exact) mass is 404 g/mol. The molecule has 1 aliphatic rings. The summed E-state index contributed by atoms with van der Waals surface area (Å²) in [6, 6.07) is 16.5. The van der Waals surface area contributed by atoms with Crippen LogP contribution in [0, 0.1) is 0 Å². The van der Waals surface area contributed by atoms with E-state index in [1.165, 1.54) is 0 Å². The van der Waals surface area contributed by atoms with Crippen molar-refractivity contribution in [1.82, 2.24) is 15.2 Å². The molecule has 0 spiro atoms. The number of methoxy groups -OCH3 is 1. The first kappa shape index (κ1) is 19.7. The molecular formula is C23H24N4O3. The number of urea groups is 1. The lowest BCUT2D eigenvalue weighted by molar-refractivity contribution is 0.0919. The number of pyridine rings is 1. The zero-order chi connectivity index (χ0) is 20.9. The summed E-state index contributed by atoms with van der Waals surface area (Å²) in [5, 5.41) is 7.01. The average molecular weight is 404 g/mol. The Morgan fingerprint density at radius 1 is 1.07 bits per heavy atom. The Morgan fingerprint density at radius 3 is 2.63 bits per heavy atom. The molecule has 7 nitrogen and oxygen atoms in total. The number of nitrogens with one attached hydrogen (secondary N) is 2. The van der Waals surface area contributed by atoms with Gasteiger partial charge in [-0.2, -0.15) is 0 Å². The van der Waals surface area contributed by atoms with Crippen LogP contribution >= 0.6 is 0 Å². The second-order valence-corrected chi connectivity index (χ2v) is 7.28. The SMILES string of the molecule is COc1cccc(C(=O)NC2CCN(C(=O)Nc3cccc4cccnc34)CC2)c1. The summed E-state index contributed by atoms with van der Waals surface area (Å²) in [4.78, 5) is 31.4. The van der Waals surface area contributed by atoms with E-state index in [0.717, 1.165) is 10.9 Å². The van der Waals surface area contributed by atoms with Crippen molar-refractivity contribution in [3.05, 3.63) is 66.4 Å². The van der Waals surface area contributed by atoms with Gasteiger partial charge in [0.25, 0.3) is 5.91 Å². The van der Waals surface area contributed by atoms with Gasteiger partial charge < -0.3 is 20.3 Å². The highest BCUT2D eigenvalue weighted by molar-refractivity contribution is 5.99. The lowest BCUT2D eigenvalue weighted by atomic mass is 10.0. The standard InChI is InChI=1S/C23H24N4O3/c1-30-19-8-2-6-17(15-19)22(28)25-18-10-13-27(14-11-18)23(29)26-20-9-3-5-16-7-4-12-24-21(16)20/h2-9,12,15,18H,10-11,13-14H2,1H3,(H,25,28)(H,26,29). The number of nitrogens with zero attached hydrogens (tertiary/aromatic N) is 2. The van der Waals surface area contributed by atoms with Gasteiger partial charge in [-0.15, -0.1) is 0 Å². The van der Waals surface area contributed by atoms with Crippen molar-refractivity contribution >= 4 is 28.5 Å². The molecule has 1 aromatic heterocycles. The number of amides is 3. The minimum atomic E-state index is -0.147. The van der Waals surface area contributed by atoms with Crippen LogP contribution in [0.3, 0.4) is 0 Å². The van der Waals surface area contributed by atoms with Crippen LogP contribution in [0.2, 0.25) is 0 Å². The first-order valence-electron chi connectivity index (χ1n) is 9.98. The van der Waals surface area contributed by atoms with Crippen molar-refractivity contribution in [1.29, 1.82) is 0 Å². The minimum Gasteiger partial charge on any atom is -0.497 e. The molecule has 0 bridgehead atoms. The lowest BCUT2D eigenvalue weighted by Gasteiger charge is -2.32. The highest BCUT2D eigenvalue weighted by Gasteiger charge is 2.24. The number of carbonyl (C=O) groups excluding carboxylic acids is 2. The van der Waals surface area contributed by atoms with Gasteiger partial charge in [0, 0.05) is 36.3 Å². The van der Waals surface area contributed by atoms with Gasteiger partial charge in [0.15, 0.2) is 0 Å². The number of aromatic nitrogens is 1. The quantitative estimate of drug-likeness (QED) is 0.695. The Kier molecular flexibility index (Phi) is 5.79. The molecule has 3 amide bonds. The maximum absolute atomic E-state index is 12.7. The first-order valence-corrected chi connectivity index (χ1v) is 9.98. The van der Waals surface area contributed by atoms with Crippen LogP contribution < -0.4 is 15.4 Å². The van der Waals surface area contributed by atoms with E-state index >= 15 is 0 Å². The predicted octanol–water partition coefficient (Wildman–Crippen LogP) is 3.67. The van der Waals surface area contributed by atoms with Crippen molar-refractivity contribution in [3.63, 3.8) is 0 Å². The molecular weight excluding hydrogens is 380 g/mol. The molecule has 3 aromatic rings. The summed E-state index contributed by atoms with van der Waals surface area (Å²) < 4.78 is 5.18. The van der Waals surface area contributed by atoms with Crippen molar-refractivity contribution in [3.8, 4) is 5.75 Å². The number of hydrogen-bond donors (Lipinski definition) is 2. The van der Waals surface area contributed by atoms with Gasteiger partial charge >= 0.3 is 6.03 Å². The number of para-hydroxylation sites is 1. The molecule has 7 heteroatoms. The Bertz CT molecular complexity index is 1060. The summed E-state index contributed by atoms with van der Waals surface area (Å²) >= 11 is 0. The number of ether oxygens (including phenoxy) is 1. The number of carbonyl (C=O) groups is 2. The predicted molar refractivity (Wildman–Crippen MR) is 116 cm³/mol. The second kappa shape index (κ2) is 8.82. The summed E-state index contributed by atoms with van der Waals surface area (Å²) in [6.07, 6.45) is 3.13. The topological polar surface area (TPSA) is 83.6 Å². The van der Waals surface area contributed by atoms with Crippen LogP contribution in [0.15, 0.2) is 60.8 Å². The van der Waals surface area contributed by atoms with Gasteiger partial charge in [-0.3, -0.25) is 9.78 Å². The van der Waals surface area contributed by atoms with E-state index in [9.17, 15) is 9.59 Å². The fourth-order valence-electron chi connectivity index (χ4n) is 3.66. The van der Waals surface area contributed by atoms with Crippen LogP contribution in [0.5, 0.6) is 5.75 Å². The van der Waals surface area contributed by atoms with Crippen LogP contribution in [-0.2, 0) is 0 Å². The zero-order valence-corrected chi connectivity index (χ0v) is 16.8. The van der Waals surface area contributed by atoms with Gasteiger partial charge in [0.1, 0.15) is 5.75 Å². The molecule has 2 N–H and O–H groups in total. The van der Waals surface area contributed by atoms with E-state index in [0.29, 0.717) is 42.9 Å². The Morgan fingerprint density at radius 2 is 1.83 bits per heavy atom. The summed E-state index contributed by atoms with van der Waals surface area (Å²) in [5.41, 5.74) is 2.04. The van der Waals surface area contributed by atoms with Gasteiger partial charge in [0.2, 0.25) is 0 Å². The Balaban J connectivity index is 1.32. The van der Waals surface area contributed by atoms with E-state index in [1.54, 1.807) is 42.5 Å². The van der Waals surface area contributed by atoms with E-state index < -0.39 is 0 Å². The Labute approximate surface area is 175 Å². The van der Waals surface area contributed by atoms with Crippen LogP contribution in [0.1, 0.15) is 23.2 Å². The molecule has 1 fully saturated rings. The minimum absolute atomic E-state index is 0.0342. The maximum atomic E-state index is 12.7. The smallest absolute Gasteiger partial charge is 0.321 e. The van der Waals surface area contributed by atoms with Crippen molar-refractivity contribution in [2.24, 2.45) is 0 Å². The van der Waals surface area contributed by atoms with Crippen LogP contribution in [0.4, 0.5) is 10.5 Å². The number of fused-ring (bicyclic) bond motifs is 1. The Hall–Kier alpha value is -3.61. The fraction of sp³-hybridized carbons (Fsp3) is 0.261. The fourth-order valence-corrected chi connectivity index (χ4v) is 3.66. The lowest BCUT2D eigenvalue weighted by Crippen LogP contribution is -2.47. The molecule has 0 radical (unpaired) electrons. The average Bonchev–Trinajstić information content (AvgIpc) is 2.80. The molecule has 4 rings (SSSR count). The van der Waals surface area contributed by atoms with E-state index in [1.807, 2.05) is 30.3 Å². The number of hydrogen-bond acceptors (Lipinski definition) is 4. The van der Waals surface area contributed by atoms with Gasteiger partial charge in [-0.1, -0.05) is 24.3 Å². The van der Waals surface area contributed by atoms with Gasteiger partial charge in [-0.25, -0.2) is 4.79 Å². The second-order valence-electron chi connectivity index (χ2n) is 7.28. The molecule has 154 valence electrons. The summed E-state index contributed by atoms with van der Waals surface area (Å²) in [7, 11) is 1.58. The molecule has 1 saturated heterocycles. The summed E-state index contributed by atoms with van der Waals surface area (Å²) in [6.45, 7) is 1.15. The third-order valence-corrected chi connectivity index (χ3v) is 5.32. The van der Waals surface area contributed by atoms with Crippen molar-refractivity contribution < 1.29 is 14.3 Å². The molecule has 2 aromatic carbocycles. The molecule has 1 aliphatic heterocycles. The van der Waals surface area contributed by atoms with Gasteiger partial charge in [-0.05, 0) is 43.2 Å².